The van der Waals surface area contributed by atoms with Crippen molar-refractivity contribution in [2.45, 2.75) is 23.9 Å². The normalized spacial score (nSPS) is 14.9. The number of rotatable bonds is 7. The second-order valence-electron chi connectivity index (χ2n) is 9.04. The fourth-order valence-corrected chi connectivity index (χ4v) is 5.90. The van der Waals surface area contributed by atoms with Crippen LogP contribution in [0.2, 0.25) is 10.0 Å². The lowest BCUT2D eigenvalue weighted by molar-refractivity contribution is 0.0545. The summed E-state index contributed by atoms with van der Waals surface area (Å²) >= 11 is 12.3. The van der Waals surface area contributed by atoms with E-state index in [0.717, 1.165) is 11.1 Å². The Bertz CT molecular complexity index is 1630. The zero-order valence-electron chi connectivity index (χ0n) is 20.6. The third-order valence-electron chi connectivity index (χ3n) is 6.48. The number of benzene rings is 4. The van der Waals surface area contributed by atoms with Crippen LogP contribution in [0, 0.1) is 0 Å². The molecule has 1 heterocycles. The number of amides is 1. The Balaban J connectivity index is 1.40. The molecule has 0 aliphatic carbocycles. The Kier molecular flexibility index (Phi) is 7.81. The van der Waals surface area contributed by atoms with Gasteiger partial charge in [-0.2, -0.15) is 0 Å². The molecule has 0 fully saturated rings. The number of fused-ring (bicyclic) bond motifs is 1. The van der Waals surface area contributed by atoms with E-state index >= 15 is 0 Å². The van der Waals surface area contributed by atoms with E-state index in [0.29, 0.717) is 22.9 Å². The van der Waals surface area contributed by atoms with E-state index in [9.17, 15) is 18.3 Å². The van der Waals surface area contributed by atoms with Crippen LogP contribution in [0.1, 0.15) is 21.5 Å². The highest BCUT2D eigenvalue weighted by Gasteiger charge is 2.31. The minimum Gasteiger partial charge on any atom is -0.456 e. The van der Waals surface area contributed by atoms with Crippen molar-refractivity contribution in [3.05, 3.63) is 118 Å². The molecule has 0 saturated heterocycles. The van der Waals surface area contributed by atoms with Crippen molar-refractivity contribution < 1.29 is 23.1 Å². The molecule has 0 unspecified atom stereocenters. The lowest BCUT2D eigenvalue weighted by Crippen LogP contribution is -2.46. The lowest BCUT2D eigenvalue weighted by Gasteiger charge is -2.36. The number of nitrogens with zero attached hydrogens (tertiary/aromatic N) is 1. The molecule has 1 amide bonds. The SMILES string of the molecule is O=C(c1cc(Cl)ccc1NS(=O)(=O)c1ccc(Oc2ccccc2Cl)cc1)N1Cc2ccccc2C[C@@H]1CO. The summed E-state index contributed by atoms with van der Waals surface area (Å²) < 4.78 is 34.8. The fourth-order valence-electron chi connectivity index (χ4n) is 4.47. The van der Waals surface area contributed by atoms with Gasteiger partial charge in [-0.3, -0.25) is 9.52 Å². The number of carbonyl (C=O) groups is 1. The summed E-state index contributed by atoms with van der Waals surface area (Å²) in [6, 6.07) is 24.4. The zero-order valence-corrected chi connectivity index (χ0v) is 22.9. The third kappa shape index (κ3) is 5.89. The quantitative estimate of drug-likeness (QED) is 0.272. The van der Waals surface area contributed by atoms with Crippen LogP contribution in [0.3, 0.4) is 0 Å². The number of ether oxygens (including phenoxy) is 1. The molecule has 2 N–H and O–H groups in total. The van der Waals surface area contributed by atoms with Crippen LogP contribution in [0.15, 0.2) is 95.9 Å². The maximum absolute atomic E-state index is 13.7. The first-order valence-corrected chi connectivity index (χ1v) is 14.3. The fraction of sp³-hybridized carbons (Fsp3) is 0.138. The maximum Gasteiger partial charge on any atom is 0.261 e. The Morgan fingerprint density at radius 3 is 2.36 bits per heavy atom. The number of aliphatic hydroxyl groups is 1. The Morgan fingerprint density at radius 1 is 0.949 bits per heavy atom. The van der Waals surface area contributed by atoms with E-state index in [4.69, 9.17) is 27.9 Å². The molecule has 39 heavy (non-hydrogen) atoms. The van der Waals surface area contributed by atoms with Crippen LogP contribution >= 0.6 is 23.2 Å². The molecule has 0 spiro atoms. The van der Waals surface area contributed by atoms with Crippen LogP contribution < -0.4 is 9.46 Å². The second-order valence-corrected chi connectivity index (χ2v) is 11.6. The first kappa shape index (κ1) is 27.0. The van der Waals surface area contributed by atoms with Gasteiger partial charge in [0.25, 0.3) is 15.9 Å². The number of para-hydroxylation sites is 1. The topological polar surface area (TPSA) is 95.9 Å². The summed E-state index contributed by atoms with van der Waals surface area (Å²) in [6.45, 7) is 0.0517. The summed E-state index contributed by atoms with van der Waals surface area (Å²) in [7, 11) is -4.07. The molecule has 0 radical (unpaired) electrons. The average molecular weight is 583 g/mol. The smallest absolute Gasteiger partial charge is 0.261 e. The van der Waals surface area contributed by atoms with Gasteiger partial charge in [0.05, 0.1) is 33.8 Å². The van der Waals surface area contributed by atoms with Crippen molar-refractivity contribution in [1.29, 1.82) is 0 Å². The van der Waals surface area contributed by atoms with Crippen LogP contribution in [-0.2, 0) is 23.0 Å². The van der Waals surface area contributed by atoms with Crippen LogP contribution in [-0.4, -0.2) is 37.0 Å². The van der Waals surface area contributed by atoms with Crippen molar-refractivity contribution in [2.24, 2.45) is 0 Å². The Hall–Kier alpha value is -3.56. The molecular weight excluding hydrogens is 559 g/mol. The van der Waals surface area contributed by atoms with Gasteiger partial charge < -0.3 is 14.7 Å². The van der Waals surface area contributed by atoms with Gasteiger partial charge in [0.1, 0.15) is 11.5 Å². The Morgan fingerprint density at radius 2 is 1.64 bits per heavy atom. The molecule has 4 aromatic rings. The number of hydrogen-bond donors (Lipinski definition) is 2. The lowest BCUT2D eigenvalue weighted by atomic mass is 9.93. The molecule has 1 aliphatic heterocycles. The first-order valence-electron chi connectivity index (χ1n) is 12.1. The largest absolute Gasteiger partial charge is 0.456 e. The van der Waals surface area contributed by atoms with Gasteiger partial charge in [-0.05, 0) is 72.1 Å². The summed E-state index contributed by atoms with van der Waals surface area (Å²) in [6.07, 6.45) is 0.489. The molecule has 10 heteroatoms. The third-order valence-corrected chi connectivity index (χ3v) is 8.41. The van der Waals surface area contributed by atoms with Crippen LogP contribution in [0.25, 0.3) is 0 Å². The van der Waals surface area contributed by atoms with Gasteiger partial charge in [0.2, 0.25) is 0 Å². The summed E-state index contributed by atoms with van der Waals surface area (Å²) in [5.74, 6) is 0.413. The Labute approximate surface area is 236 Å². The molecule has 200 valence electrons. The molecule has 0 aromatic heterocycles. The monoisotopic (exact) mass is 582 g/mol. The van der Waals surface area contributed by atoms with E-state index in [-0.39, 0.29) is 34.3 Å². The van der Waals surface area contributed by atoms with Gasteiger partial charge in [0, 0.05) is 11.6 Å². The molecule has 4 aromatic carbocycles. The van der Waals surface area contributed by atoms with E-state index in [1.165, 1.54) is 42.5 Å². The number of hydrogen-bond acceptors (Lipinski definition) is 5. The molecule has 1 aliphatic rings. The maximum atomic E-state index is 13.7. The summed E-state index contributed by atoms with van der Waals surface area (Å²) in [4.78, 5) is 15.2. The van der Waals surface area contributed by atoms with Gasteiger partial charge >= 0.3 is 0 Å². The highest BCUT2D eigenvalue weighted by molar-refractivity contribution is 7.92. The van der Waals surface area contributed by atoms with Crippen molar-refractivity contribution >= 4 is 44.8 Å². The number of sulfonamides is 1. The molecule has 7 nitrogen and oxygen atoms in total. The molecule has 0 bridgehead atoms. The minimum atomic E-state index is -4.07. The van der Waals surface area contributed by atoms with Crippen molar-refractivity contribution in [3.8, 4) is 11.5 Å². The van der Waals surface area contributed by atoms with Crippen LogP contribution in [0.5, 0.6) is 11.5 Å². The van der Waals surface area contributed by atoms with Gasteiger partial charge in [-0.1, -0.05) is 59.6 Å². The predicted molar refractivity (Wildman–Crippen MR) is 151 cm³/mol. The minimum absolute atomic E-state index is 0.0255. The number of anilines is 1. The number of carbonyl (C=O) groups excluding carboxylic acids is 1. The van der Waals surface area contributed by atoms with Gasteiger partial charge in [-0.15, -0.1) is 0 Å². The number of nitrogens with one attached hydrogen (secondary N) is 1. The molecule has 1 atom stereocenters. The van der Waals surface area contributed by atoms with Crippen LogP contribution in [0.4, 0.5) is 5.69 Å². The molecular formula is C29H24Cl2N2O5S. The van der Waals surface area contributed by atoms with E-state index in [1.807, 2.05) is 24.3 Å². The summed E-state index contributed by atoms with van der Waals surface area (Å²) in [5.41, 5.74) is 2.20. The molecule has 5 rings (SSSR count). The predicted octanol–water partition coefficient (Wildman–Crippen LogP) is 6.15. The number of aliphatic hydroxyl groups excluding tert-OH is 1. The summed E-state index contributed by atoms with van der Waals surface area (Å²) in [5, 5.41) is 10.7. The van der Waals surface area contributed by atoms with Crippen molar-refractivity contribution in [3.63, 3.8) is 0 Å². The van der Waals surface area contributed by atoms with Gasteiger partial charge in [0.15, 0.2) is 0 Å². The highest BCUT2D eigenvalue weighted by Crippen LogP contribution is 2.32. The second kappa shape index (κ2) is 11.3. The van der Waals surface area contributed by atoms with E-state index in [1.54, 1.807) is 29.2 Å². The van der Waals surface area contributed by atoms with Gasteiger partial charge in [-0.25, -0.2) is 8.42 Å². The standard InChI is InChI=1S/C29H24Cl2N2O5S/c30-21-9-14-27(25(16-21)29(35)33-17-20-6-2-1-5-19(20)15-22(33)18-34)32-39(36,37)24-12-10-23(11-13-24)38-28-8-4-3-7-26(28)31/h1-14,16,22,32,34H,15,17-18H2/t22-/m1/s1. The highest BCUT2D eigenvalue weighted by atomic mass is 35.5. The van der Waals surface area contributed by atoms with Crippen molar-refractivity contribution in [1.82, 2.24) is 4.90 Å². The first-order chi connectivity index (χ1) is 18.7. The zero-order chi connectivity index (χ0) is 27.6. The number of halogens is 2. The molecule has 0 saturated carbocycles. The van der Waals surface area contributed by atoms with E-state index < -0.39 is 22.0 Å². The van der Waals surface area contributed by atoms with Crippen molar-refractivity contribution in [2.75, 3.05) is 11.3 Å². The average Bonchev–Trinajstić information content (AvgIpc) is 2.94. The van der Waals surface area contributed by atoms with E-state index in [2.05, 4.69) is 4.72 Å².